The van der Waals surface area contributed by atoms with Gasteiger partial charge < -0.3 is 14.1 Å². The van der Waals surface area contributed by atoms with Gasteiger partial charge in [0.15, 0.2) is 0 Å². The average Bonchev–Trinajstić information content (AvgIpc) is 2.20. The van der Waals surface area contributed by atoms with Crippen molar-refractivity contribution in [3.8, 4) is 0 Å². The molecule has 1 rings (SSSR count). The van der Waals surface area contributed by atoms with Gasteiger partial charge in [-0.1, -0.05) is 0 Å². The van der Waals surface area contributed by atoms with E-state index in [0.29, 0.717) is 13.0 Å². The minimum Gasteiger partial charge on any atom is -0.750 e. The maximum atomic E-state index is 10.0. The van der Waals surface area contributed by atoms with Gasteiger partial charge in [-0.05, 0) is 34.5 Å². The summed E-state index contributed by atoms with van der Waals surface area (Å²) in [6, 6.07) is 3.70. The fourth-order valence-corrected chi connectivity index (χ4v) is 1.38. The van der Waals surface area contributed by atoms with E-state index in [2.05, 4.69) is 30.4 Å². The van der Waals surface area contributed by atoms with E-state index in [0.717, 1.165) is 10.3 Å². The highest BCUT2D eigenvalue weighted by Gasteiger charge is 1.93. The summed E-state index contributed by atoms with van der Waals surface area (Å²) in [4.78, 5) is 4.09. The Morgan fingerprint density at radius 1 is 1.60 bits per heavy atom. The van der Waals surface area contributed by atoms with Crippen LogP contribution in [-0.4, -0.2) is 26.9 Å². The summed E-state index contributed by atoms with van der Waals surface area (Å²) in [5, 5.41) is 3.03. The van der Waals surface area contributed by atoms with Gasteiger partial charge >= 0.3 is 0 Å². The van der Waals surface area contributed by atoms with Crippen molar-refractivity contribution >= 4 is 33.1 Å². The lowest BCUT2D eigenvalue weighted by Crippen LogP contribution is -2.07. The second-order valence-electron chi connectivity index (χ2n) is 2.67. The van der Waals surface area contributed by atoms with E-state index >= 15 is 0 Å². The zero-order valence-corrected chi connectivity index (χ0v) is 10.2. The Kier molecular flexibility index (Phi) is 5.77. The summed E-state index contributed by atoms with van der Waals surface area (Å²) < 4.78 is 25.3. The number of halogens is 1. The number of aromatic nitrogens is 1. The van der Waals surface area contributed by atoms with Crippen LogP contribution in [0.2, 0.25) is 0 Å². The van der Waals surface area contributed by atoms with Crippen molar-refractivity contribution in [2.24, 2.45) is 0 Å². The summed E-state index contributed by atoms with van der Waals surface area (Å²) in [7, 11) is 0. The number of anilines is 1. The van der Waals surface area contributed by atoms with E-state index in [1.807, 2.05) is 12.1 Å². The number of hydrogen-bond donors (Lipinski definition) is 1. The molecule has 0 saturated carbocycles. The summed E-state index contributed by atoms with van der Waals surface area (Å²) in [5.74, 6) is 0.751. The summed E-state index contributed by atoms with van der Waals surface area (Å²) in [6.45, 7) is 0.797. The Hall–Kier alpha value is -0.500. The van der Waals surface area contributed by atoms with Gasteiger partial charge in [0.05, 0.1) is 18.0 Å². The van der Waals surface area contributed by atoms with Gasteiger partial charge in [0, 0.05) is 17.2 Å². The number of nitrogens with zero attached hydrogens (tertiary/aromatic N) is 1. The van der Waals surface area contributed by atoms with Crippen LogP contribution in [0.25, 0.3) is 0 Å². The standard InChI is InChI=1S/C8H11BrN2O3S/c9-7-2-3-8(11-6-7)10-4-1-5-14-15(12)13/h2-3,6H,1,4-5H2,(H,10,11)(H,12,13)/p-1. The van der Waals surface area contributed by atoms with Gasteiger partial charge in [-0.3, -0.25) is 0 Å². The molecule has 1 heterocycles. The van der Waals surface area contributed by atoms with E-state index in [-0.39, 0.29) is 6.61 Å². The van der Waals surface area contributed by atoms with Crippen LogP contribution in [0, 0.1) is 0 Å². The molecule has 0 bridgehead atoms. The first-order chi connectivity index (χ1) is 7.18. The second kappa shape index (κ2) is 6.89. The first-order valence-corrected chi connectivity index (χ1v) is 6.06. The summed E-state index contributed by atoms with van der Waals surface area (Å²) >= 11 is 0.859. The van der Waals surface area contributed by atoms with Crippen LogP contribution in [0.4, 0.5) is 5.82 Å². The second-order valence-corrected chi connectivity index (χ2v) is 4.23. The Morgan fingerprint density at radius 3 is 3.00 bits per heavy atom. The Balaban J connectivity index is 2.15. The fraction of sp³-hybridized carbons (Fsp3) is 0.375. The van der Waals surface area contributed by atoms with E-state index in [1.54, 1.807) is 6.20 Å². The zero-order chi connectivity index (χ0) is 11.1. The first kappa shape index (κ1) is 12.6. The Bertz CT molecular complexity index is 320. The van der Waals surface area contributed by atoms with Gasteiger partial charge in [-0.2, -0.15) is 0 Å². The normalized spacial score (nSPS) is 12.4. The van der Waals surface area contributed by atoms with Gasteiger partial charge in [0.2, 0.25) is 0 Å². The molecular weight excluding hydrogens is 284 g/mol. The molecule has 0 saturated heterocycles. The molecule has 0 aliphatic rings. The van der Waals surface area contributed by atoms with Crippen LogP contribution in [0.3, 0.4) is 0 Å². The van der Waals surface area contributed by atoms with E-state index < -0.39 is 11.4 Å². The number of nitrogens with one attached hydrogen (secondary N) is 1. The third-order valence-electron chi connectivity index (χ3n) is 1.53. The van der Waals surface area contributed by atoms with E-state index in [9.17, 15) is 8.76 Å². The molecule has 0 fully saturated rings. The molecule has 0 amide bonds. The molecule has 0 aliphatic carbocycles. The van der Waals surface area contributed by atoms with Crippen molar-refractivity contribution in [1.29, 1.82) is 0 Å². The molecule has 84 valence electrons. The molecule has 7 heteroatoms. The molecule has 0 aliphatic heterocycles. The minimum absolute atomic E-state index is 0.180. The lowest BCUT2D eigenvalue weighted by atomic mass is 10.4. The number of pyridine rings is 1. The van der Waals surface area contributed by atoms with Crippen LogP contribution in [0.5, 0.6) is 0 Å². The van der Waals surface area contributed by atoms with Gasteiger partial charge in [-0.25, -0.2) is 9.19 Å². The quantitative estimate of drug-likeness (QED) is 0.635. The van der Waals surface area contributed by atoms with Gasteiger partial charge in [-0.15, -0.1) is 0 Å². The highest BCUT2D eigenvalue weighted by Crippen LogP contribution is 2.10. The van der Waals surface area contributed by atoms with Crippen LogP contribution in [-0.2, 0) is 15.5 Å². The fourth-order valence-electron chi connectivity index (χ4n) is 0.896. The maximum Gasteiger partial charge on any atom is 0.125 e. The van der Waals surface area contributed by atoms with Crippen molar-refractivity contribution < 1.29 is 12.9 Å². The van der Waals surface area contributed by atoms with Crippen molar-refractivity contribution in [2.45, 2.75) is 6.42 Å². The first-order valence-electron chi connectivity index (χ1n) is 4.26. The minimum atomic E-state index is -2.42. The molecule has 0 spiro atoms. The van der Waals surface area contributed by atoms with E-state index in [4.69, 9.17) is 0 Å². The summed E-state index contributed by atoms with van der Waals surface area (Å²) in [5.41, 5.74) is 0. The number of rotatable bonds is 6. The highest BCUT2D eigenvalue weighted by atomic mass is 79.9. The monoisotopic (exact) mass is 293 g/mol. The van der Waals surface area contributed by atoms with E-state index in [1.165, 1.54) is 0 Å². The lowest BCUT2D eigenvalue weighted by Gasteiger charge is -2.07. The molecule has 1 unspecified atom stereocenters. The third kappa shape index (κ3) is 5.83. The molecular formula is C8H10BrN2O3S-. The molecule has 1 N–H and O–H groups in total. The molecule has 1 aromatic rings. The van der Waals surface area contributed by atoms with Crippen molar-refractivity contribution in [3.05, 3.63) is 22.8 Å². The van der Waals surface area contributed by atoms with Crippen LogP contribution in [0.15, 0.2) is 22.8 Å². The van der Waals surface area contributed by atoms with Crippen molar-refractivity contribution in [3.63, 3.8) is 0 Å². The smallest absolute Gasteiger partial charge is 0.125 e. The largest absolute Gasteiger partial charge is 0.750 e. The maximum absolute atomic E-state index is 10.0. The molecule has 0 radical (unpaired) electrons. The lowest BCUT2D eigenvalue weighted by molar-refractivity contribution is 0.299. The van der Waals surface area contributed by atoms with Crippen molar-refractivity contribution in [1.82, 2.24) is 4.98 Å². The van der Waals surface area contributed by atoms with Crippen LogP contribution in [0.1, 0.15) is 6.42 Å². The van der Waals surface area contributed by atoms with Gasteiger partial charge in [0.25, 0.3) is 0 Å². The molecule has 15 heavy (non-hydrogen) atoms. The Labute approximate surface area is 98.9 Å². The third-order valence-corrected chi connectivity index (χ3v) is 2.36. The SMILES string of the molecule is O=S([O-])OCCCNc1ccc(Br)cn1. The van der Waals surface area contributed by atoms with Gasteiger partial charge in [0.1, 0.15) is 5.82 Å². The van der Waals surface area contributed by atoms with Crippen LogP contribution >= 0.6 is 15.9 Å². The molecule has 5 nitrogen and oxygen atoms in total. The van der Waals surface area contributed by atoms with Crippen LogP contribution < -0.4 is 5.32 Å². The topological polar surface area (TPSA) is 74.3 Å². The molecule has 1 aromatic heterocycles. The highest BCUT2D eigenvalue weighted by molar-refractivity contribution is 9.10. The predicted octanol–water partition coefficient (Wildman–Crippen LogP) is 1.46. The molecule has 1 atom stereocenters. The summed E-state index contributed by atoms with van der Waals surface area (Å²) in [6.07, 6.45) is 2.29. The zero-order valence-electron chi connectivity index (χ0n) is 7.81. The Morgan fingerprint density at radius 2 is 2.40 bits per heavy atom. The predicted molar refractivity (Wildman–Crippen MR) is 59.9 cm³/mol. The average molecular weight is 294 g/mol. The molecule has 0 aromatic carbocycles. The number of hydrogen-bond acceptors (Lipinski definition) is 5. The van der Waals surface area contributed by atoms with Crippen molar-refractivity contribution in [2.75, 3.05) is 18.5 Å².